The number of halogens is 1. The van der Waals surface area contributed by atoms with Gasteiger partial charge in [0.1, 0.15) is 13.2 Å². The summed E-state index contributed by atoms with van der Waals surface area (Å²) < 4.78 is 12.3. The Morgan fingerprint density at radius 3 is 2.51 bits per heavy atom. The van der Waals surface area contributed by atoms with Gasteiger partial charge in [-0.1, -0.05) is 6.92 Å². The average Bonchev–Trinajstić information content (AvgIpc) is 3.16. The number of benzene rings is 2. The molecule has 2 aliphatic rings. The number of rotatable bonds is 9. The Balaban J connectivity index is 1.47. The van der Waals surface area contributed by atoms with Gasteiger partial charge >= 0.3 is 0 Å². The van der Waals surface area contributed by atoms with E-state index in [9.17, 15) is 24.5 Å². The van der Waals surface area contributed by atoms with Crippen molar-refractivity contribution in [2.75, 3.05) is 26.2 Å². The van der Waals surface area contributed by atoms with E-state index in [0.29, 0.717) is 47.1 Å². The monoisotopic (exact) mass is 617 g/mol. The molecule has 2 fully saturated rings. The molecule has 0 atom stereocenters. The fourth-order valence-corrected chi connectivity index (χ4v) is 5.64. The molecule has 2 aromatic carbocycles. The zero-order chi connectivity index (χ0) is 28.1. The standard InChI is InChI=1S/C27H28BrN3O7S/c1-3-37-22-13-19(12-21(28)25(22)38-16-18-4-6-20(7-5-18)31(35)36)14-23-26(33)30(27(34)39-23)15-24(32)29-10-8-17(2)9-11-29/h4-7,12-14,17H,3,8-11,15-16H2,1-2H3/b23-14+. The number of nitro benzene ring substituents is 1. The molecule has 0 saturated carbocycles. The highest BCUT2D eigenvalue weighted by molar-refractivity contribution is 9.10. The van der Waals surface area contributed by atoms with Crippen LogP contribution >= 0.6 is 27.7 Å². The summed E-state index contributed by atoms with van der Waals surface area (Å²) in [6.07, 6.45) is 3.42. The van der Waals surface area contributed by atoms with Crippen LogP contribution in [0.2, 0.25) is 0 Å². The number of hydrogen-bond acceptors (Lipinski definition) is 8. The van der Waals surface area contributed by atoms with Crippen molar-refractivity contribution in [2.24, 2.45) is 5.92 Å². The van der Waals surface area contributed by atoms with Gasteiger partial charge in [-0.05, 0) is 94.8 Å². The highest BCUT2D eigenvalue weighted by Crippen LogP contribution is 2.40. The third-order valence-electron chi connectivity index (χ3n) is 6.46. The minimum Gasteiger partial charge on any atom is -0.490 e. The number of non-ortho nitro benzene ring substituents is 1. The summed E-state index contributed by atoms with van der Waals surface area (Å²) in [4.78, 5) is 51.7. The molecule has 39 heavy (non-hydrogen) atoms. The fraction of sp³-hybridized carbons (Fsp3) is 0.370. The zero-order valence-electron chi connectivity index (χ0n) is 21.6. The summed E-state index contributed by atoms with van der Waals surface area (Å²) in [6.45, 7) is 5.50. The Kier molecular flexibility index (Phi) is 9.28. The van der Waals surface area contributed by atoms with Crippen LogP contribution in [0.15, 0.2) is 45.8 Å². The van der Waals surface area contributed by atoms with Gasteiger partial charge in [0.2, 0.25) is 5.91 Å². The van der Waals surface area contributed by atoms with E-state index in [1.165, 1.54) is 12.1 Å². The molecule has 0 bridgehead atoms. The molecular weight excluding hydrogens is 590 g/mol. The molecule has 12 heteroatoms. The van der Waals surface area contributed by atoms with Crippen molar-refractivity contribution in [1.82, 2.24) is 9.80 Å². The van der Waals surface area contributed by atoms with E-state index in [2.05, 4.69) is 22.9 Å². The number of carbonyl (C=O) groups is 3. The highest BCUT2D eigenvalue weighted by Gasteiger charge is 2.37. The Morgan fingerprint density at radius 2 is 1.87 bits per heavy atom. The van der Waals surface area contributed by atoms with E-state index in [1.54, 1.807) is 35.2 Å². The first kappa shape index (κ1) is 28.6. The van der Waals surface area contributed by atoms with Crippen LogP contribution in [0, 0.1) is 16.0 Å². The van der Waals surface area contributed by atoms with E-state index in [4.69, 9.17) is 9.47 Å². The van der Waals surface area contributed by atoms with Crippen molar-refractivity contribution in [3.63, 3.8) is 0 Å². The molecule has 0 spiro atoms. The lowest BCUT2D eigenvalue weighted by Gasteiger charge is -2.31. The number of ether oxygens (including phenoxy) is 2. The number of nitro groups is 1. The van der Waals surface area contributed by atoms with Gasteiger partial charge in [-0.2, -0.15) is 0 Å². The number of nitrogens with zero attached hydrogens (tertiary/aromatic N) is 3. The minimum absolute atomic E-state index is 0.00537. The number of thioether (sulfide) groups is 1. The summed E-state index contributed by atoms with van der Waals surface area (Å²) in [6, 6.07) is 9.50. The first-order chi connectivity index (χ1) is 18.7. The van der Waals surface area contributed by atoms with Crippen molar-refractivity contribution in [1.29, 1.82) is 0 Å². The molecule has 4 rings (SSSR count). The van der Waals surface area contributed by atoms with Gasteiger partial charge in [-0.25, -0.2) is 0 Å². The Labute approximate surface area is 238 Å². The normalized spacial score (nSPS) is 17.2. The molecule has 0 aliphatic carbocycles. The molecule has 206 valence electrons. The maximum absolute atomic E-state index is 13.0. The van der Waals surface area contributed by atoms with Gasteiger partial charge in [-0.15, -0.1) is 0 Å². The van der Waals surface area contributed by atoms with E-state index < -0.39 is 16.1 Å². The van der Waals surface area contributed by atoms with Crippen molar-refractivity contribution in [3.05, 3.63) is 67.0 Å². The Bertz CT molecular complexity index is 1310. The second-order valence-corrected chi connectivity index (χ2v) is 11.2. The lowest BCUT2D eigenvalue weighted by molar-refractivity contribution is -0.384. The lowest BCUT2D eigenvalue weighted by Crippen LogP contribution is -2.45. The van der Waals surface area contributed by atoms with Crippen molar-refractivity contribution in [2.45, 2.75) is 33.3 Å². The maximum Gasteiger partial charge on any atom is 0.294 e. The van der Waals surface area contributed by atoms with Gasteiger partial charge < -0.3 is 14.4 Å². The van der Waals surface area contributed by atoms with E-state index in [0.717, 1.165) is 35.1 Å². The maximum atomic E-state index is 13.0. The molecule has 2 aliphatic heterocycles. The predicted octanol–water partition coefficient (Wildman–Crippen LogP) is 5.63. The van der Waals surface area contributed by atoms with Crippen LogP contribution in [0.3, 0.4) is 0 Å². The molecule has 2 heterocycles. The molecule has 0 unspecified atom stereocenters. The molecular formula is C27H28BrN3O7S. The molecule has 0 N–H and O–H groups in total. The van der Waals surface area contributed by atoms with Gasteiger partial charge in [-0.3, -0.25) is 29.4 Å². The first-order valence-electron chi connectivity index (χ1n) is 12.5. The molecule has 0 aromatic heterocycles. The predicted molar refractivity (Wildman–Crippen MR) is 150 cm³/mol. The summed E-state index contributed by atoms with van der Waals surface area (Å²) >= 11 is 4.30. The zero-order valence-corrected chi connectivity index (χ0v) is 24.0. The van der Waals surface area contributed by atoms with Gasteiger partial charge in [0.05, 0.1) is 20.9 Å². The molecule has 10 nitrogen and oxygen atoms in total. The minimum atomic E-state index is -0.503. The van der Waals surface area contributed by atoms with Crippen LogP contribution in [0.25, 0.3) is 6.08 Å². The third kappa shape index (κ3) is 6.99. The Morgan fingerprint density at radius 1 is 1.18 bits per heavy atom. The molecule has 0 radical (unpaired) electrons. The number of piperidine rings is 1. The van der Waals surface area contributed by atoms with E-state index in [1.807, 2.05) is 6.92 Å². The van der Waals surface area contributed by atoms with Gasteiger partial charge in [0.25, 0.3) is 16.8 Å². The van der Waals surface area contributed by atoms with Crippen molar-refractivity contribution < 1.29 is 28.8 Å². The number of amides is 3. The topological polar surface area (TPSA) is 119 Å². The second-order valence-electron chi connectivity index (χ2n) is 9.31. The smallest absolute Gasteiger partial charge is 0.294 e. The fourth-order valence-electron chi connectivity index (χ4n) is 4.22. The van der Waals surface area contributed by atoms with Gasteiger partial charge in [0.15, 0.2) is 11.5 Å². The van der Waals surface area contributed by atoms with Crippen LogP contribution in [-0.2, 0) is 16.2 Å². The summed E-state index contributed by atoms with van der Waals surface area (Å²) in [5, 5.41) is 10.4. The van der Waals surface area contributed by atoms with Crippen molar-refractivity contribution in [3.8, 4) is 11.5 Å². The quantitative estimate of drug-likeness (QED) is 0.202. The van der Waals surface area contributed by atoms with Crippen LogP contribution in [0.5, 0.6) is 11.5 Å². The number of carbonyl (C=O) groups excluding carboxylic acids is 3. The first-order valence-corrected chi connectivity index (χ1v) is 14.1. The number of hydrogen-bond donors (Lipinski definition) is 0. The SMILES string of the molecule is CCOc1cc(/C=C2/SC(=O)N(CC(=O)N3CCC(C)CC3)C2=O)cc(Br)c1OCc1ccc([N+](=O)[O-])cc1. The summed E-state index contributed by atoms with van der Waals surface area (Å²) in [5.41, 5.74) is 1.34. The number of likely N-dealkylation sites (tertiary alicyclic amines) is 1. The largest absolute Gasteiger partial charge is 0.490 e. The van der Waals surface area contributed by atoms with Crippen LogP contribution in [0.4, 0.5) is 10.5 Å². The summed E-state index contributed by atoms with van der Waals surface area (Å²) in [5.74, 6) is 0.697. The van der Waals surface area contributed by atoms with Crippen LogP contribution in [-0.4, -0.2) is 58.0 Å². The van der Waals surface area contributed by atoms with E-state index >= 15 is 0 Å². The van der Waals surface area contributed by atoms with Crippen LogP contribution < -0.4 is 9.47 Å². The molecule has 2 saturated heterocycles. The Hall–Kier alpha value is -3.38. The second kappa shape index (κ2) is 12.6. The average molecular weight is 619 g/mol. The summed E-state index contributed by atoms with van der Waals surface area (Å²) in [7, 11) is 0. The third-order valence-corrected chi connectivity index (χ3v) is 7.96. The molecule has 2 aromatic rings. The van der Waals surface area contributed by atoms with Crippen molar-refractivity contribution >= 4 is 56.5 Å². The van der Waals surface area contributed by atoms with Crippen LogP contribution in [0.1, 0.15) is 37.8 Å². The molecule has 3 amide bonds. The van der Waals surface area contributed by atoms with E-state index in [-0.39, 0.29) is 29.7 Å². The highest BCUT2D eigenvalue weighted by atomic mass is 79.9. The lowest BCUT2D eigenvalue weighted by atomic mass is 9.99. The number of imide groups is 1. The van der Waals surface area contributed by atoms with Gasteiger partial charge in [0, 0.05) is 25.2 Å².